The van der Waals surface area contributed by atoms with Gasteiger partial charge in [0.1, 0.15) is 6.61 Å². The molecule has 0 amide bonds. The van der Waals surface area contributed by atoms with Crippen molar-refractivity contribution in [2.75, 3.05) is 33.0 Å². The largest absolute Gasteiger partial charge is 0.490 e. The molecule has 0 radical (unpaired) electrons. The lowest BCUT2D eigenvalue weighted by Crippen LogP contribution is -2.26. The Morgan fingerprint density at radius 3 is 2.06 bits per heavy atom. The number of hydrogen-bond acceptors (Lipinski definition) is 4. The van der Waals surface area contributed by atoms with Crippen molar-refractivity contribution in [1.82, 2.24) is 0 Å². The van der Waals surface area contributed by atoms with Crippen LogP contribution in [0, 0.1) is 0 Å². The summed E-state index contributed by atoms with van der Waals surface area (Å²) in [5, 5.41) is 0. The minimum Gasteiger partial charge on any atom is -0.457 e. The van der Waals surface area contributed by atoms with Crippen LogP contribution < -0.4 is 0 Å². The summed E-state index contributed by atoms with van der Waals surface area (Å²) in [5.74, 6) is -2.19. The van der Waals surface area contributed by atoms with Gasteiger partial charge in [-0.25, -0.2) is 4.79 Å². The number of hydrogen-bond donors (Lipinski definition) is 0. The van der Waals surface area contributed by atoms with Crippen LogP contribution in [-0.2, 0) is 19.0 Å². The molecule has 0 aromatic heterocycles. The molecule has 0 aromatic rings. The standard InChI is InChI=1S/C10H17F3O4/c1-2-3-4-15-5-6-16-7-8-17-9(14)10(11,12)13/h2-8H2,1H3. The molecule has 0 saturated heterocycles. The fourth-order valence-corrected chi connectivity index (χ4v) is 0.843. The summed E-state index contributed by atoms with van der Waals surface area (Å²) in [6, 6.07) is 0. The highest BCUT2D eigenvalue weighted by atomic mass is 19.4. The van der Waals surface area contributed by atoms with Crippen molar-refractivity contribution in [3.8, 4) is 0 Å². The molecule has 0 unspecified atom stereocenters. The summed E-state index contributed by atoms with van der Waals surface area (Å²) < 4.78 is 49.0. The molecule has 102 valence electrons. The highest BCUT2D eigenvalue weighted by Crippen LogP contribution is 2.15. The van der Waals surface area contributed by atoms with Crippen LogP contribution in [0.1, 0.15) is 19.8 Å². The summed E-state index contributed by atoms with van der Waals surface area (Å²) in [5.41, 5.74) is 0. The maximum atomic E-state index is 11.7. The summed E-state index contributed by atoms with van der Waals surface area (Å²) in [4.78, 5) is 10.2. The molecule has 0 spiro atoms. The zero-order valence-corrected chi connectivity index (χ0v) is 9.72. The number of carbonyl (C=O) groups is 1. The topological polar surface area (TPSA) is 44.8 Å². The molecule has 0 aliphatic carbocycles. The van der Waals surface area contributed by atoms with E-state index in [9.17, 15) is 18.0 Å². The average Bonchev–Trinajstić information content (AvgIpc) is 2.25. The van der Waals surface area contributed by atoms with Gasteiger partial charge in [0.2, 0.25) is 0 Å². The van der Waals surface area contributed by atoms with Crippen molar-refractivity contribution in [2.24, 2.45) is 0 Å². The Morgan fingerprint density at radius 2 is 1.53 bits per heavy atom. The number of ether oxygens (including phenoxy) is 3. The molecule has 0 aliphatic rings. The quantitative estimate of drug-likeness (QED) is 0.468. The lowest BCUT2D eigenvalue weighted by molar-refractivity contribution is -0.200. The van der Waals surface area contributed by atoms with Crippen LogP contribution in [0.3, 0.4) is 0 Å². The van der Waals surface area contributed by atoms with E-state index in [-0.39, 0.29) is 13.2 Å². The van der Waals surface area contributed by atoms with Crippen molar-refractivity contribution >= 4 is 5.97 Å². The van der Waals surface area contributed by atoms with E-state index in [0.717, 1.165) is 12.8 Å². The zero-order chi connectivity index (χ0) is 13.1. The van der Waals surface area contributed by atoms with Gasteiger partial charge in [-0.2, -0.15) is 13.2 Å². The normalized spacial score (nSPS) is 11.5. The number of esters is 1. The van der Waals surface area contributed by atoms with E-state index in [1.165, 1.54) is 0 Å². The third-order valence-electron chi connectivity index (χ3n) is 1.71. The number of carbonyl (C=O) groups excluding carboxylic acids is 1. The SMILES string of the molecule is CCCCOCCOCCOC(=O)C(F)(F)F. The lowest BCUT2D eigenvalue weighted by atomic mass is 10.4. The van der Waals surface area contributed by atoms with Crippen LogP contribution in [0.15, 0.2) is 0 Å². The maximum absolute atomic E-state index is 11.7. The molecule has 7 heteroatoms. The number of unbranched alkanes of at least 4 members (excludes halogenated alkanes) is 1. The van der Waals surface area contributed by atoms with Gasteiger partial charge >= 0.3 is 12.1 Å². The average molecular weight is 258 g/mol. The maximum Gasteiger partial charge on any atom is 0.490 e. The van der Waals surface area contributed by atoms with E-state index < -0.39 is 18.8 Å². The second kappa shape index (κ2) is 9.23. The first-order valence-electron chi connectivity index (χ1n) is 5.38. The van der Waals surface area contributed by atoms with Crippen LogP contribution >= 0.6 is 0 Å². The van der Waals surface area contributed by atoms with E-state index in [4.69, 9.17) is 9.47 Å². The Balaban J connectivity index is 3.22. The van der Waals surface area contributed by atoms with E-state index in [2.05, 4.69) is 4.74 Å². The van der Waals surface area contributed by atoms with Gasteiger partial charge in [0, 0.05) is 6.61 Å². The highest BCUT2D eigenvalue weighted by molar-refractivity contribution is 5.75. The Morgan fingerprint density at radius 1 is 1.00 bits per heavy atom. The van der Waals surface area contributed by atoms with Gasteiger partial charge in [0.25, 0.3) is 0 Å². The molecular weight excluding hydrogens is 241 g/mol. The minimum absolute atomic E-state index is 0.0705. The fourth-order valence-electron chi connectivity index (χ4n) is 0.843. The predicted molar refractivity (Wildman–Crippen MR) is 53.6 cm³/mol. The Hall–Kier alpha value is -0.820. The molecule has 0 atom stereocenters. The van der Waals surface area contributed by atoms with E-state index in [0.29, 0.717) is 13.2 Å². The van der Waals surface area contributed by atoms with Crippen molar-refractivity contribution in [1.29, 1.82) is 0 Å². The van der Waals surface area contributed by atoms with Crippen molar-refractivity contribution in [3.05, 3.63) is 0 Å². The van der Waals surface area contributed by atoms with Crippen LogP contribution in [0.5, 0.6) is 0 Å². The zero-order valence-electron chi connectivity index (χ0n) is 9.72. The van der Waals surface area contributed by atoms with Gasteiger partial charge in [-0.05, 0) is 6.42 Å². The predicted octanol–water partition coefficient (Wildman–Crippen LogP) is 1.93. The first-order valence-corrected chi connectivity index (χ1v) is 5.38. The molecule has 0 heterocycles. The van der Waals surface area contributed by atoms with Gasteiger partial charge in [0.15, 0.2) is 0 Å². The third-order valence-corrected chi connectivity index (χ3v) is 1.71. The molecule has 0 fully saturated rings. The van der Waals surface area contributed by atoms with Crippen molar-refractivity contribution in [2.45, 2.75) is 25.9 Å². The van der Waals surface area contributed by atoms with Gasteiger partial charge < -0.3 is 14.2 Å². The van der Waals surface area contributed by atoms with Crippen molar-refractivity contribution < 1.29 is 32.2 Å². The fraction of sp³-hybridized carbons (Fsp3) is 0.900. The van der Waals surface area contributed by atoms with Crippen LogP contribution in [0.25, 0.3) is 0 Å². The smallest absolute Gasteiger partial charge is 0.457 e. The lowest BCUT2D eigenvalue weighted by Gasteiger charge is -2.08. The molecule has 0 aromatic carbocycles. The monoisotopic (exact) mass is 258 g/mol. The Labute approximate surface area is 98.0 Å². The number of alkyl halides is 3. The van der Waals surface area contributed by atoms with Crippen LogP contribution in [0.2, 0.25) is 0 Å². The molecule has 4 nitrogen and oxygen atoms in total. The molecule has 0 N–H and O–H groups in total. The van der Waals surface area contributed by atoms with Crippen LogP contribution in [-0.4, -0.2) is 45.2 Å². The van der Waals surface area contributed by atoms with Gasteiger partial charge in [-0.3, -0.25) is 0 Å². The first kappa shape index (κ1) is 16.2. The van der Waals surface area contributed by atoms with Crippen molar-refractivity contribution in [3.63, 3.8) is 0 Å². The van der Waals surface area contributed by atoms with E-state index in [1.807, 2.05) is 6.92 Å². The molecule has 0 aliphatic heterocycles. The van der Waals surface area contributed by atoms with Gasteiger partial charge in [0.05, 0.1) is 19.8 Å². The summed E-state index contributed by atoms with van der Waals surface area (Å²) >= 11 is 0. The van der Waals surface area contributed by atoms with Gasteiger partial charge in [-0.15, -0.1) is 0 Å². The van der Waals surface area contributed by atoms with E-state index in [1.54, 1.807) is 0 Å². The molecule has 17 heavy (non-hydrogen) atoms. The second-order valence-corrected chi connectivity index (χ2v) is 3.21. The summed E-state index contributed by atoms with van der Waals surface area (Å²) in [6.45, 7) is 2.85. The molecular formula is C10H17F3O4. The van der Waals surface area contributed by atoms with Gasteiger partial charge in [-0.1, -0.05) is 13.3 Å². The van der Waals surface area contributed by atoms with E-state index >= 15 is 0 Å². The molecule has 0 rings (SSSR count). The number of halogens is 3. The Bertz CT molecular complexity index is 206. The second-order valence-electron chi connectivity index (χ2n) is 3.21. The molecule has 0 saturated carbocycles. The molecule has 0 bridgehead atoms. The summed E-state index contributed by atoms with van der Waals surface area (Å²) in [7, 11) is 0. The minimum atomic E-state index is -4.94. The number of rotatable bonds is 9. The Kier molecular flexibility index (Phi) is 8.79. The third kappa shape index (κ3) is 10.1. The van der Waals surface area contributed by atoms with Crippen LogP contribution in [0.4, 0.5) is 13.2 Å². The summed E-state index contributed by atoms with van der Waals surface area (Å²) in [6.07, 6.45) is -2.94. The highest BCUT2D eigenvalue weighted by Gasteiger charge is 2.40. The first-order chi connectivity index (χ1) is 7.98.